The molecular weight excluding hydrogens is 321 g/mol. The third-order valence-corrected chi connectivity index (χ3v) is 3.88. The Balaban J connectivity index is 1.82. The van der Waals surface area contributed by atoms with Gasteiger partial charge in [0.2, 0.25) is 5.95 Å². The highest BCUT2D eigenvalue weighted by atomic mass is 19.1. The average molecular weight is 337 g/mol. The topological polar surface area (TPSA) is 75.5 Å². The Morgan fingerprint density at radius 2 is 2.00 bits per heavy atom. The van der Waals surface area contributed by atoms with E-state index in [2.05, 4.69) is 25.3 Å². The molecule has 126 valence electrons. The Hall–Kier alpha value is -3.29. The molecule has 0 saturated carbocycles. The van der Waals surface area contributed by atoms with Crippen LogP contribution in [0.5, 0.6) is 0 Å². The minimum Gasteiger partial charge on any atom is -0.346 e. The van der Waals surface area contributed by atoms with Crippen molar-refractivity contribution < 1.29 is 4.39 Å². The molecular formula is C17H16FN7. The quantitative estimate of drug-likeness (QED) is 0.619. The van der Waals surface area contributed by atoms with Crippen molar-refractivity contribution in [3.05, 3.63) is 54.0 Å². The Bertz CT molecular complexity index is 1030. The lowest BCUT2D eigenvalue weighted by molar-refractivity contribution is 0.589. The van der Waals surface area contributed by atoms with Crippen LogP contribution in [0.2, 0.25) is 0 Å². The monoisotopic (exact) mass is 337 g/mol. The predicted octanol–water partition coefficient (Wildman–Crippen LogP) is 2.47. The lowest BCUT2D eigenvalue weighted by Gasteiger charge is -2.04. The summed E-state index contributed by atoms with van der Waals surface area (Å²) in [7, 11) is 3.73. The van der Waals surface area contributed by atoms with Crippen LogP contribution in [0.4, 0.5) is 10.3 Å². The smallest absolute Gasteiger partial charge is 0.244 e. The highest BCUT2D eigenvalue weighted by Gasteiger charge is 2.17. The second kappa shape index (κ2) is 5.97. The Morgan fingerprint density at radius 1 is 1.16 bits per heavy atom. The molecule has 25 heavy (non-hydrogen) atoms. The summed E-state index contributed by atoms with van der Waals surface area (Å²) in [5.41, 5.74) is 1.86. The van der Waals surface area contributed by atoms with Gasteiger partial charge in [-0.3, -0.25) is 5.10 Å². The number of hydrogen-bond acceptors (Lipinski definition) is 5. The second-order valence-corrected chi connectivity index (χ2v) is 5.85. The largest absolute Gasteiger partial charge is 0.346 e. The fraction of sp³-hybridized carbons (Fsp3) is 0.176. The molecule has 0 aliphatic rings. The van der Waals surface area contributed by atoms with Crippen LogP contribution >= 0.6 is 0 Å². The average Bonchev–Trinajstić information content (AvgIpc) is 3.22. The van der Waals surface area contributed by atoms with E-state index in [-0.39, 0.29) is 12.4 Å². The molecule has 0 aliphatic carbocycles. The maximum Gasteiger partial charge on any atom is 0.244 e. The van der Waals surface area contributed by atoms with Crippen molar-refractivity contribution in [2.75, 3.05) is 19.0 Å². The van der Waals surface area contributed by atoms with Crippen molar-refractivity contribution in [2.24, 2.45) is 0 Å². The first-order chi connectivity index (χ1) is 12.1. The fourth-order valence-corrected chi connectivity index (χ4v) is 2.64. The molecule has 1 aromatic carbocycles. The van der Waals surface area contributed by atoms with Gasteiger partial charge < -0.3 is 4.90 Å². The number of halogens is 1. The van der Waals surface area contributed by atoms with Crippen LogP contribution < -0.4 is 4.90 Å². The molecule has 0 radical (unpaired) electrons. The highest BCUT2D eigenvalue weighted by molar-refractivity contribution is 5.89. The van der Waals surface area contributed by atoms with Crippen LogP contribution in [0.15, 0.2) is 42.6 Å². The minimum absolute atomic E-state index is 0.266. The van der Waals surface area contributed by atoms with Gasteiger partial charge in [-0.2, -0.15) is 10.1 Å². The van der Waals surface area contributed by atoms with E-state index in [1.807, 2.05) is 26.2 Å². The number of nitrogens with zero attached hydrogens (tertiary/aromatic N) is 6. The number of fused-ring (bicyclic) bond motifs is 1. The van der Waals surface area contributed by atoms with Gasteiger partial charge in [0.1, 0.15) is 11.5 Å². The molecule has 0 atom stereocenters. The molecule has 3 heterocycles. The summed E-state index contributed by atoms with van der Waals surface area (Å²) in [6.07, 6.45) is 1.69. The molecule has 0 fully saturated rings. The fourth-order valence-electron chi connectivity index (χ4n) is 2.64. The maximum absolute atomic E-state index is 14.0. The summed E-state index contributed by atoms with van der Waals surface area (Å²) in [5.74, 6) is 0.850. The number of hydrogen-bond donors (Lipinski definition) is 1. The molecule has 3 aromatic heterocycles. The molecule has 0 aliphatic heterocycles. The van der Waals surface area contributed by atoms with Crippen LogP contribution in [0.25, 0.3) is 22.6 Å². The van der Waals surface area contributed by atoms with Crippen molar-refractivity contribution in [2.45, 2.75) is 6.54 Å². The number of anilines is 1. The Morgan fingerprint density at radius 3 is 2.76 bits per heavy atom. The standard InChI is InChI=1S/C17H16FN7/c1-24(2)17-20-15(21-22-17)14-12-7-5-9-19-16(12)25(23-14)10-11-6-3-4-8-13(11)18/h3-9H,10H2,1-2H3,(H,20,21,22). The summed E-state index contributed by atoms with van der Waals surface area (Å²) in [6.45, 7) is 0.287. The van der Waals surface area contributed by atoms with E-state index in [1.54, 1.807) is 34.0 Å². The van der Waals surface area contributed by atoms with E-state index in [0.717, 1.165) is 5.39 Å². The highest BCUT2D eigenvalue weighted by Crippen LogP contribution is 2.25. The molecule has 0 saturated heterocycles. The van der Waals surface area contributed by atoms with Crippen molar-refractivity contribution >= 4 is 17.0 Å². The van der Waals surface area contributed by atoms with Gasteiger partial charge in [0.15, 0.2) is 11.5 Å². The van der Waals surface area contributed by atoms with E-state index < -0.39 is 0 Å². The third kappa shape index (κ3) is 2.71. The van der Waals surface area contributed by atoms with Gasteiger partial charge in [-0.15, -0.1) is 5.10 Å². The molecule has 7 nitrogen and oxygen atoms in total. The van der Waals surface area contributed by atoms with Gasteiger partial charge in [0.05, 0.1) is 11.9 Å². The van der Waals surface area contributed by atoms with Gasteiger partial charge in [-0.25, -0.2) is 14.1 Å². The van der Waals surface area contributed by atoms with E-state index in [9.17, 15) is 4.39 Å². The minimum atomic E-state index is -0.266. The van der Waals surface area contributed by atoms with Gasteiger partial charge in [0, 0.05) is 25.9 Å². The van der Waals surface area contributed by atoms with E-state index in [4.69, 9.17) is 0 Å². The van der Waals surface area contributed by atoms with Crippen LogP contribution in [-0.2, 0) is 6.54 Å². The lowest BCUT2D eigenvalue weighted by Crippen LogP contribution is -2.10. The zero-order valence-corrected chi connectivity index (χ0v) is 13.8. The lowest BCUT2D eigenvalue weighted by atomic mass is 10.2. The summed E-state index contributed by atoms with van der Waals surface area (Å²) < 4.78 is 15.7. The summed E-state index contributed by atoms with van der Waals surface area (Å²) in [4.78, 5) is 10.7. The van der Waals surface area contributed by atoms with Crippen LogP contribution in [0, 0.1) is 5.82 Å². The van der Waals surface area contributed by atoms with E-state index in [0.29, 0.717) is 28.7 Å². The molecule has 0 amide bonds. The maximum atomic E-state index is 14.0. The van der Waals surface area contributed by atoms with Gasteiger partial charge in [0.25, 0.3) is 0 Å². The van der Waals surface area contributed by atoms with E-state index >= 15 is 0 Å². The van der Waals surface area contributed by atoms with Crippen molar-refractivity contribution in [1.29, 1.82) is 0 Å². The van der Waals surface area contributed by atoms with Crippen molar-refractivity contribution in [3.63, 3.8) is 0 Å². The number of H-pyrrole nitrogens is 1. The van der Waals surface area contributed by atoms with Gasteiger partial charge >= 0.3 is 0 Å². The number of pyridine rings is 1. The zero-order valence-electron chi connectivity index (χ0n) is 13.8. The second-order valence-electron chi connectivity index (χ2n) is 5.85. The third-order valence-electron chi connectivity index (χ3n) is 3.88. The SMILES string of the molecule is CN(C)c1n[nH]c(-c2nn(Cc3ccccc3F)c3ncccc23)n1. The number of rotatable bonds is 4. The summed E-state index contributed by atoms with van der Waals surface area (Å²) >= 11 is 0. The van der Waals surface area contributed by atoms with Crippen molar-refractivity contribution in [1.82, 2.24) is 29.9 Å². The molecule has 4 aromatic rings. The summed E-state index contributed by atoms with van der Waals surface area (Å²) in [6, 6.07) is 10.4. The molecule has 0 bridgehead atoms. The molecule has 0 spiro atoms. The Labute approximate surface area is 143 Å². The van der Waals surface area contributed by atoms with Crippen molar-refractivity contribution in [3.8, 4) is 11.5 Å². The first-order valence-electron chi connectivity index (χ1n) is 7.78. The first-order valence-corrected chi connectivity index (χ1v) is 7.78. The first kappa shape index (κ1) is 15.3. The molecule has 4 rings (SSSR count). The van der Waals surface area contributed by atoms with Gasteiger partial charge in [-0.05, 0) is 18.2 Å². The van der Waals surface area contributed by atoms with Crippen LogP contribution in [0.3, 0.4) is 0 Å². The van der Waals surface area contributed by atoms with Crippen LogP contribution in [-0.4, -0.2) is 44.0 Å². The summed E-state index contributed by atoms with van der Waals surface area (Å²) in [5, 5.41) is 12.5. The Kier molecular flexibility index (Phi) is 3.64. The number of nitrogens with one attached hydrogen (secondary N) is 1. The number of aromatic nitrogens is 6. The predicted molar refractivity (Wildman–Crippen MR) is 92.7 cm³/mol. The molecule has 8 heteroatoms. The zero-order chi connectivity index (χ0) is 17.4. The van der Waals surface area contributed by atoms with Crippen LogP contribution in [0.1, 0.15) is 5.56 Å². The van der Waals surface area contributed by atoms with Gasteiger partial charge in [-0.1, -0.05) is 18.2 Å². The number of aromatic amines is 1. The normalized spacial score (nSPS) is 11.2. The number of benzene rings is 1. The van der Waals surface area contributed by atoms with E-state index in [1.165, 1.54) is 6.07 Å². The molecule has 0 unspecified atom stereocenters. The molecule has 1 N–H and O–H groups in total.